The van der Waals surface area contributed by atoms with Gasteiger partial charge in [-0.3, -0.25) is 0 Å². The van der Waals surface area contributed by atoms with E-state index >= 15 is 0 Å². The Balaban J connectivity index is 1.93. The Kier molecular flexibility index (Phi) is 4.37. The molecule has 0 aliphatic heterocycles. The van der Waals surface area contributed by atoms with Crippen LogP contribution in [0.25, 0.3) is 0 Å². The molecule has 0 spiro atoms. The number of hydrogen-bond acceptors (Lipinski definition) is 3. The second-order valence-electron chi connectivity index (χ2n) is 4.58. The Morgan fingerprint density at radius 2 is 1.57 bits per heavy atom. The lowest BCUT2D eigenvalue weighted by molar-refractivity contribution is -0.137. The summed E-state index contributed by atoms with van der Waals surface area (Å²) in [5.41, 5.74) is 0.529. The smallest absolute Gasteiger partial charge is 0.416 e. The summed E-state index contributed by atoms with van der Waals surface area (Å²) in [4.78, 5) is 0. The van der Waals surface area contributed by atoms with Gasteiger partial charge in [-0.15, -0.1) is 0 Å². The lowest BCUT2D eigenvalue weighted by Gasteiger charge is -2.09. The van der Waals surface area contributed by atoms with Crippen molar-refractivity contribution in [1.82, 2.24) is 5.32 Å². The van der Waals surface area contributed by atoms with E-state index in [1.54, 1.807) is 12.1 Å². The van der Waals surface area contributed by atoms with E-state index in [0.717, 1.165) is 12.1 Å². The molecule has 0 saturated heterocycles. The van der Waals surface area contributed by atoms with E-state index in [1.165, 1.54) is 18.2 Å². The summed E-state index contributed by atoms with van der Waals surface area (Å²) in [7, 11) is 0. The molecule has 2 rings (SSSR count). The molecule has 21 heavy (non-hydrogen) atoms. The van der Waals surface area contributed by atoms with Gasteiger partial charge in [0.25, 0.3) is 0 Å². The number of phenolic OH excluding ortho intramolecular Hbond substituents is 2. The summed E-state index contributed by atoms with van der Waals surface area (Å²) < 4.78 is 37.2. The molecule has 0 amide bonds. The van der Waals surface area contributed by atoms with Crippen molar-refractivity contribution >= 4 is 0 Å². The minimum atomic E-state index is -4.33. The summed E-state index contributed by atoms with van der Waals surface area (Å²) in [6, 6.07) is 9.48. The quantitative estimate of drug-likeness (QED) is 0.758. The topological polar surface area (TPSA) is 52.5 Å². The minimum Gasteiger partial charge on any atom is -0.504 e. The van der Waals surface area contributed by atoms with Crippen LogP contribution >= 0.6 is 0 Å². The van der Waals surface area contributed by atoms with Crippen molar-refractivity contribution in [2.45, 2.75) is 19.3 Å². The first-order valence-corrected chi connectivity index (χ1v) is 6.24. The van der Waals surface area contributed by atoms with E-state index in [4.69, 9.17) is 0 Å². The number of aromatic hydroxyl groups is 2. The molecular formula is C15H14F3NO2. The van der Waals surface area contributed by atoms with Crippen LogP contribution in [0.15, 0.2) is 42.5 Å². The zero-order valence-corrected chi connectivity index (χ0v) is 11.0. The van der Waals surface area contributed by atoms with E-state index < -0.39 is 11.7 Å². The third-order valence-corrected chi connectivity index (χ3v) is 3.02. The van der Waals surface area contributed by atoms with Gasteiger partial charge in [-0.25, -0.2) is 0 Å². The number of hydrogen-bond donors (Lipinski definition) is 3. The minimum absolute atomic E-state index is 0.197. The van der Waals surface area contributed by atoms with E-state index in [-0.39, 0.29) is 11.5 Å². The third kappa shape index (κ3) is 3.88. The molecule has 2 aromatic rings. The average Bonchev–Trinajstić information content (AvgIpc) is 2.43. The molecule has 0 bridgehead atoms. The van der Waals surface area contributed by atoms with Gasteiger partial charge in [-0.1, -0.05) is 24.3 Å². The van der Waals surface area contributed by atoms with Gasteiger partial charge in [0.2, 0.25) is 0 Å². The van der Waals surface area contributed by atoms with Gasteiger partial charge in [0.05, 0.1) is 5.56 Å². The largest absolute Gasteiger partial charge is 0.504 e. The van der Waals surface area contributed by atoms with Gasteiger partial charge in [-0.2, -0.15) is 13.2 Å². The summed E-state index contributed by atoms with van der Waals surface area (Å²) in [5.74, 6) is -0.402. The van der Waals surface area contributed by atoms with Gasteiger partial charge in [0.1, 0.15) is 0 Å². The molecule has 0 unspecified atom stereocenters. The Morgan fingerprint density at radius 3 is 2.19 bits per heavy atom. The Hall–Kier alpha value is -2.21. The van der Waals surface area contributed by atoms with Gasteiger partial charge in [-0.05, 0) is 23.8 Å². The van der Waals surface area contributed by atoms with Gasteiger partial charge in [0, 0.05) is 18.7 Å². The molecule has 112 valence electrons. The standard InChI is InChI=1S/C15H14F3NO2/c16-15(17,18)12-6-4-10(5-7-12)8-19-9-11-2-1-3-13(20)14(11)21/h1-7,19-21H,8-9H2. The van der Waals surface area contributed by atoms with Crippen molar-refractivity contribution < 1.29 is 23.4 Å². The Bertz CT molecular complexity index is 609. The lowest BCUT2D eigenvalue weighted by atomic mass is 10.1. The number of benzene rings is 2. The second kappa shape index (κ2) is 6.05. The monoisotopic (exact) mass is 297 g/mol. The SMILES string of the molecule is Oc1cccc(CNCc2ccc(C(F)(F)F)cc2)c1O. The van der Waals surface area contributed by atoms with Crippen molar-refractivity contribution in [3.63, 3.8) is 0 Å². The molecule has 3 nitrogen and oxygen atoms in total. The van der Waals surface area contributed by atoms with Crippen LogP contribution in [-0.2, 0) is 19.3 Å². The van der Waals surface area contributed by atoms with Crippen LogP contribution in [0.3, 0.4) is 0 Å². The highest BCUT2D eigenvalue weighted by atomic mass is 19.4. The Labute approximate surface area is 119 Å². The van der Waals surface area contributed by atoms with Crippen LogP contribution in [0.2, 0.25) is 0 Å². The van der Waals surface area contributed by atoms with Crippen molar-refractivity contribution in [2.24, 2.45) is 0 Å². The fourth-order valence-corrected chi connectivity index (χ4v) is 1.87. The molecule has 3 N–H and O–H groups in total. The molecule has 6 heteroatoms. The molecule has 0 aromatic heterocycles. The first kappa shape index (κ1) is 15.2. The third-order valence-electron chi connectivity index (χ3n) is 3.02. The van der Waals surface area contributed by atoms with Gasteiger partial charge < -0.3 is 15.5 Å². The van der Waals surface area contributed by atoms with Crippen LogP contribution in [0.5, 0.6) is 11.5 Å². The molecule has 0 fully saturated rings. The van der Waals surface area contributed by atoms with Crippen LogP contribution in [-0.4, -0.2) is 10.2 Å². The Morgan fingerprint density at radius 1 is 0.905 bits per heavy atom. The van der Waals surface area contributed by atoms with Crippen molar-refractivity contribution in [1.29, 1.82) is 0 Å². The molecule has 0 aliphatic carbocycles. The molecule has 0 heterocycles. The highest BCUT2D eigenvalue weighted by molar-refractivity contribution is 5.44. The number of para-hydroxylation sites is 1. The zero-order valence-electron chi connectivity index (χ0n) is 11.0. The fraction of sp³-hybridized carbons (Fsp3) is 0.200. The summed E-state index contributed by atoms with van der Waals surface area (Å²) in [6.45, 7) is 0.647. The number of nitrogens with one attached hydrogen (secondary N) is 1. The van der Waals surface area contributed by atoms with Crippen LogP contribution in [0.1, 0.15) is 16.7 Å². The van der Waals surface area contributed by atoms with Crippen molar-refractivity contribution in [3.05, 3.63) is 59.2 Å². The van der Waals surface area contributed by atoms with E-state index in [2.05, 4.69) is 5.32 Å². The summed E-state index contributed by atoms with van der Waals surface area (Å²) >= 11 is 0. The average molecular weight is 297 g/mol. The maximum atomic E-state index is 12.4. The number of rotatable bonds is 4. The normalized spacial score (nSPS) is 11.6. The highest BCUT2D eigenvalue weighted by Crippen LogP contribution is 2.29. The van der Waals surface area contributed by atoms with Crippen LogP contribution < -0.4 is 5.32 Å². The molecular weight excluding hydrogens is 283 g/mol. The van der Waals surface area contributed by atoms with Crippen molar-refractivity contribution in [2.75, 3.05) is 0 Å². The molecule has 0 radical (unpaired) electrons. The van der Waals surface area contributed by atoms with Crippen LogP contribution in [0, 0.1) is 0 Å². The van der Waals surface area contributed by atoms with Gasteiger partial charge >= 0.3 is 6.18 Å². The van der Waals surface area contributed by atoms with E-state index in [9.17, 15) is 23.4 Å². The number of phenols is 2. The predicted octanol–water partition coefficient (Wildman–Crippen LogP) is 3.41. The molecule has 0 saturated carbocycles. The molecule has 0 aliphatic rings. The fourth-order valence-electron chi connectivity index (χ4n) is 1.87. The maximum Gasteiger partial charge on any atom is 0.416 e. The van der Waals surface area contributed by atoms with Crippen molar-refractivity contribution in [3.8, 4) is 11.5 Å². The first-order chi connectivity index (χ1) is 9.88. The molecule has 2 aromatic carbocycles. The van der Waals surface area contributed by atoms with Crippen LogP contribution in [0.4, 0.5) is 13.2 Å². The molecule has 0 atom stereocenters. The maximum absolute atomic E-state index is 12.4. The van der Waals surface area contributed by atoms with Gasteiger partial charge in [0.15, 0.2) is 11.5 Å². The summed E-state index contributed by atoms with van der Waals surface area (Å²) in [6.07, 6.45) is -4.33. The first-order valence-electron chi connectivity index (χ1n) is 6.24. The highest BCUT2D eigenvalue weighted by Gasteiger charge is 2.29. The lowest BCUT2D eigenvalue weighted by Crippen LogP contribution is -2.13. The predicted molar refractivity (Wildman–Crippen MR) is 71.8 cm³/mol. The number of alkyl halides is 3. The summed E-state index contributed by atoms with van der Waals surface area (Å²) in [5, 5.41) is 21.9. The second-order valence-corrected chi connectivity index (χ2v) is 4.58. The number of halogens is 3. The zero-order chi connectivity index (χ0) is 15.5. The van der Waals surface area contributed by atoms with E-state index in [0.29, 0.717) is 24.2 Å². The van der Waals surface area contributed by atoms with E-state index in [1.807, 2.05) is 0 Å².